The number of rotatable bonds is 8. The van der Waals surface area contributed by atoms with Crippen molar-refractivity contribution in [3.63, 3.8) is 0 Å². The highest BCUT2D eigenvalue weighted by atomic mass is 19.4. The molecule has 0 aliphatic carbocycles. The first-order valence-corrected chi connectivity index (χ1v) is 13.3. The molecule has 3 amide bonds. The van der Waals surface area contributed by atoms with E-state index in [1.54, 1.807) is 30.5 Å². The van der Waals surface area contributed by atoms with Crippen LogP contribution in [0.2, 0.25) is 0 Å². The molecule has 0 atom stereocenters. The number of hydrogen-bond acceptors (Lipinski definition) is 5. The van der Waals surface area contributed by atoms with Gasteiger partial charge in [-0.15, -0.1) is 0 Å². The average molecular weight is 567 g/mol. The van der Waals surface area contributed by atoms with Gasteiger partial charge in [0.1, 0.15) is 5.82 Å². The molecule has 0 unspecified atom stereocenters. The second-order valence-corrected chi connectivity index (χ2v) is 9.81. The summed E-state index contributed by atoms with van der Waals surface area (Å²) in [7, 11) is 0. The van der Waals surface area contributed by atoms with E-state index in [9.17, 15) is 22.8 Å². The van der Waals surface area contributed by atoms with Gasteiger partial charge in [0, 0.05) is 55.9 Å². The first-order valence-electron chi connectivity index (χ1n) is 13.3. The number of carbonyl (C=O) groups excluding carboxylic acids is 2. The average Bonchev–Trinajstić information content (AvgIpc) is 2.95. The standard InChI is InChI=1S/C30H33F3N6O2/c1-4-28(40)37-27-11-8-22(18-34-27)21-7-10-26(20(3)16-21)36-29(41)35-24-9-6-23(25(17-24)30(31,32)33)19-39-14-12-38(5-2)13-15-39/h4,6-11,16-18H,1,5,12-15,19H2,2-3H3,(H,34,37,40)(H2,35,36,41). The summed E-state index contributed by atoms with van der Waals surface area (Å²) >= 11 is 0. The third kappa shape index (κ3) is 7.92. The lowest BCUT2D eigenvalue weighted by molar-refractivity contribution is -0.138. The molecule has 1 aliphatic heterocycles. The Labute approximate surface area is 237 Å². The van der Waals surface area contributed by atoms with Gasteiger partial charge in [-0.2, -0.15) is 13.2 Å². The van der Waals surface area contributed by atoms with Crippen molar-refractivity contribution in [3.8, 4) is 11.1 Å². The number of anilines is 3. The van der Waals surface area contributed by atoms with Gasteiger partial charge in [0.25, 0.3) is 0 Å². The van der Waals surface area contributed by atoms with Crippen LogP contribution in [-0.4, -0.2) is 59.4 Å². The largest absolute Gasteiger partial charge is 0.416 e. The summed E-state index contributed by atoms with van der Waals surface area (Å²) in [6, 6.07) is 12.1. The lowest BCUT2D eigenvalue weighted by Crippen LogP contribution is -2.45. The number of nitrogens with one attached hydrogen (secondary N) is 3. The quantitative estimate of drug-likeness (QED) is 0.292. The van der Waals surface area contributed by atoms with Gasteiger partial charge in [0.2, 0.25) is 5.91 Å². The molecule has 1 saturated heterocycles. The van der Waals surface area contributed by atoms with Crippen LogP contribution in [0.4, 0.5) is 35.2 Å². The van der Waals surface area contributed by atoms with Crippen LogP contribution in [0.1, 0.15) is 23.6 Å². The number of amides is 3. The fraction of sp³-hybridized carbons (Fsp3) is 0.300. The highest BCUT2D eigenvalue weighted by Crippen LogP contribution is 2.35. The topological polar surface area (TPSA) is 89.6 Å². The molecule has 41 heavy (non-hydrogen) atoms. The predicted octanol–water partition coefficient (Wildman–Crippen LogP) is 5.98. The highest BCUT2D eigenvalue weighted by molar-refractivity contribution is 6.00. The van der Waals surface area contributed by atoms with E-state index in [4.69, 9.17) is 0 Å². The van der Waals surface area contributed by atoms with E-state index in [1.165, 1.54) is 12.1 Å². The molecule has 1 fully saturated rings. The molecule has 11 heteroatoms. The van der Waals surface area contributed by atoms with Crippen molar-refractivity contribution in [1.29, 1.82) is 0 Å². The SMILES string of the molecule is C=CC(=O)Nc1ccc(-c2ccc(NC(=O)Nc3ccc(CN4CCN(CC)CC4)c(C(F)(F)F)c3)c(C)c2)cn1. The third-order valence-electron chi connectivity index (χ3n) is 6.99. The van der Waals surface area contributed by atoms with Gasteiger partial charge >= 0.3 is 12.2 Å². The number of urea groups is 1. The smallest absolute Gasteiger partial charge is 0.308 e. The maximum absolute atomic E-state index is 13.9. The molecule has 8 nitrogen and oxygen atoms in total. The number of pyridine rings is 1. The lowest BCUT2D eigenvalue weighted by Gasteiger charge is -2.34. The molecular formula is C30H33F3N6O2. The normalized spacial score (nSPS) is 14.4. The maximum atomic E-state index is 13.9. The van der Waals surface area contributed by atoms with E-state index in [0.717, 1.165) is 48.5 Å². The fourth-order valence-electron chi connectivity index (χ4n) is 4.64. The molecular weight excluding hydrogens is 533 g/mol. The predicted molar refractivity (Wildman–Crippen MR) is 155 cm³/mol. The van der Waals surface area contributed by atoms with E-state index < -0.39 is 17.8 Å². The lowest BCUT2D eigenvalue weighted by atomic mass is 10.0. The highest BCUT2D eigenvalue weighted by Gasteiger charge is 2.34. The van der Waals surface area contributed by atoms with Crippen molar-refractivity contribution in [1.82, 2.24) is 14.8 Å². The first-order chi connectivity index (χ1) is 19.5. The van der Waals surface area contributed by atoms with E-state index in [-0.39, 0.29) is 23.7 Å². The van der Waals surface area contributed by atoms with E-state index in [2.05, 4.69) is 39.3 Å². The molecule has 3 aromatic rings. The Kier molecular flexibility index (Phi) is 9.41. The van der Waals surface area contributed by atoms with Crippen LogP contribution in [0.3, 0.4) is 0 Å². The molecule has 0 bridgehead atoms. The summed E-state index contributed by atoms with van der Waals surface area (Å²) in [6.07, 6.45) is -1.78. The van der Waals surface area contributed by atoms with Crippen molar-refractivity contribution in [2.24, 2.45) is 0 Å². The van der Waals surface area contributed by atoms with Gasteiger partial charge in [0.15, 0.2) is 0 Å². The minimum absolute atomic E-state index is 0.0540. The summed E-state index contributed by atoms with van der Waals surface area (Å²) in [4.78, 5) is 32.6. The van der Waals surface area contributed by atoms with Crippen molar-refractivity contribution in [2.45, 2.75) is 26.6 Å². The Morgan fingerprint density at radius 2 is 1.66 bits per heavy atom. The molecule has 2 aromatic carbocycles. The number of hydrogen-bond donors (Lipinski definition) is 3. The zero-order valence-corrected chi connectivity index (χ0v) is 23.0. The van der Waals surface area contributed by atoms with Gasteiger partial charge in [-0.05, 0) is 72.6 Å². The monoisotopic (exact) mass is 566 g/mol. The number of halogens is 3. The van der Waals surface area contributed by atoms with E-state index >= 15 is 0 Å². The number of carbonyl (C=O) groups is 2. The molecule has 3 N–H and O–H groups in total. The van der Waals surface area contributed by atoms with E-state index in [1.807, 2.05) is 17.9 Å². The Morgan fingerprint density at radius 3 is 2.27 bits per heavy atom. The van der Waals surface area contributed by atoms with Crippen LogP contribution in [0.25, 0.3) is 11.1 Å². The summed E-state index contributed by atoms with van der Waals surface area (Å²) in [5, 5.41) is 7.81. The molecule has 0 radical (unpaired) electrons. The van der Waals surface area contributed by atoms with E-state index in [0.29, 0.717) is 24.6 Å². The van der Waals surface area contributed by atoms with Gasteiger partial charge in [0.05, 0.1) is 5.56 Å². The third-order valence-corrected chi connectivity index (χ3v) is 6.99. The van der Waals surface area contributed by atoms with Crippen molar-refractivity contribution in [3.05, 3.63) is 84.1 Å². The van der Waals surface area contributed by atoms with Gasteiger partial charge < -0.3 is 20.9 Å². The van der Waals surface area contributed by atoms with Gasteiger partial charge in [-0.3, -0.25) is 9.69 Å². The number of alkyl halides is 3. The Bertz CT molecular complexity index is 1400. The van der Waals surface area contributed by atoms with Crippen LogP contribution in [0.15, 0.2) is 67.4 Å². The van der Waals surface area contributed by atoms with Crippen LogP contribution in [-0.2, 0) is 17.5 Å². The zero-order valence-electron chi connectivity index (χ0n) is 23.0. The molecule has 216 valence electrons. The molecule has 0 saturated carbocycles. The fourth-order valence-corrected chi connectivity index (χ4v) is 4.64. The number of piperazine rings is 1. The summed E-state index contributed by atoms with van der Waals surface area (Å²) in [5.41, 5.74) is 2.38. The number of benzene rings is 2. The van der Waals surface area contributed by atoms with Crippen molar-refractivity contribution < 1.29 is 22.8 Å². The maximum Gasteiger partial charge on any atom is 0.416 e. The summed E-state index contributed by atoms with van der Waals surface area (Å²) < 4.78 is 41.8. The Balaban J connectivity index is 1.41. The number of nitrogens with zero attached hydrogens (tertiary/aromatic N) is 3. The molecule has 2 heterocycles. The van der Waals surface area contributed by atoms with Crippen LogP contribution < -0.4 is 16.0 Å². The van der Waals surface area contributed by atoms with Crippen LogP contribution in [0.5, 0.6) is 0 Å². The molecule has 1 aliphatic rings. The number of aromatic nitrogens is 1. The number of aryl methyl sites for hydroxylation is 1. The summed E-state index contributed by atoms with van der Waals surface area (Å²) in [5.74, 6) is 0.0308. The van der Waals surface area contributed by atoms with Crippen molar-refractivity contribution in [2.75, 3.05) is 48.7 Å². The van der Waals surface area contributed by atoms with Crippen molar-refractivity contribution >= 4 is 29.1 Å². The molecule has 1 aromatic heterocycles. The van der Waals surface area contributed by atoms with Gasteiger partial charge in [-0.1, -0.05) is 25.6 Å². The second kappa shape index (κ2) is 13.0. The molecule has 4 rings (SSSR count). The molecule has 0 spiro atoms. The number of likely N-dealkylation sites (N-methyl/N-ethyl adjacent to an activating group) is 1. The Hall–Kier alpha value is -4.22. The zero-order chi connectivity index (χ0) is 29.6. The second-order valence-electron chi connectivity index (χ2n) is 9.81. The van der Waals surface area contributed by atoms with Crippen LogP contribution in [0, 0.1) is 6.92 Å². The minimum atomic E-state index is -4.55. The minimum Gasteiger partial charge on any atom is -0.308 e. The Morgan fingerprint density at radius 1 is 0.951 bits per heavy atom. The first kappa shape index (κ1) is 29.8. The summed E-state index contributed by atoms with van der Waals surface area (Å²) in [6.45, 7) is 11.5. The van der Waals surface area contributed by atoms with Crippen LogP contribution >= 0.6 is 0 Å². The van der Waals surface area contributed by atoms with Gasteiger partial charge in [-0.25, -0.2) is 9.78 Å².